The van der Waals surface area contributed by atoms with E-state index >= 15 is 0 Å². The highest BCUT2D eigenvalue weighted by atomic mass is 19.1. The summed E-state index contributed by atoms with van der Waals surface area (Å²) in [5.74, 6) is -1.04. The monoisotopic (exact) mass is 297 g/mol. The first-order valence-corrected chi connectivity index (χ1v) is 7.66. The largest absolute Gasteiger partial charge is 0.329 e. The Morgan fingerprint density at radius 2 is 2.05 bits per heavy atom. The fourth-order valence-corrected chi connectivity index (χ4v) is 3.33. The number of hydrogen-bond donors (Lipinski definition) is 1. The number of rotatable bonds is 6. The Labute approximate surface area is 125 Å². The quantitative estimate of drug-likeness (QED) is 0.875. The average molecular weight is 297 g/mol. The molecule has 0 aromatic heterocycles. The van der Waals surface area contributed by atoms with Gasteiger partial charge in [-0.1, -0.05) is 13.0 Å². The van der Waals surface area contributed by atoms with Gasteiger partial charge in [-0.05, 0) is 45.1 Å². The first-order chi connectivity index (χ1) is 10.1. The van der Waals surface area contributed by atoms with Crippen LogP contribution in [0.5, 0.6) is 0 Å². The van der Waals surface area contributed by atoms with Gasteiger partial charge < -0.3 is 5.73 Å². The molecule has 1 aromatic carbocycles. The molecule has 2 atom stereocenters. The van der Waals surface area contributed by atoms with Crippen LogP contribution in [0.15, 0.2) is 18.2 Å². The van der Waals surface area contributed by atoms with Gasteiger partial charge in [0.25, 0.3) is 0 Å². The molecule has 0 spiro atoms. The number of likely N-dealkylation sites (tertiary alicyclic amines) is 1. The van der Waals surface area contributed by atoms with Gasteiger partial charge in [0.05, 0.1) is 6.04 Å². The summed E-state index contributed by atoms with van der Waals surface area (Å²) in [4.78, 5) is 4.40. The Morgan fingerprint density at radius 1 is 1.38 bits per heavy atom. The summed E-state index contributed by atoms with van der Waals surface area (Å²) in [7, 11) is 1.90. The molecular weight excluding hydrogens is 272 g/mol. The van der Waals surface area contributed by atoms with Crippen molar-refractivity contribution in [1.29, 1.82) is 0 Å². The standard InChI is InChI=1S/C16H25F2N3/c1-3-21-9-5-6-12(21)11-20(2)15(10-19)16-13(17)7-4-8-14(16)18/h4,7-8,12,15H,3,5-6,9-11,19H2,1-2H3. The van der Waals surface area contributed by atoms with E-state index in [1.165, 1.54) is 24.6 Å². The van der Waals surface area contributed by atoms with Crippen molar-refractivity contribution >= 4 is 0 Å². The Morgan fingerprint density at radius 3 is 2.62 bits per heavy atom. The third-order valence-corrected chi connectivity index (χ3v) is 4.49. The zero-order valence-electron chi connectivity index (χ0n) is 12.9. The number of nitrogens with zero attached hydrogens (tertiary/aromatic N) is 2. The van der Waals surface area contributed by atoms with Gasteiger partial charge in [-0.2, -0.15) is 0 Å². The Bertz CT molecular complexity index is 447. The lowest BCUT2D eigenvalue weighted by Crippen LogP contribution is -2.42. The van der Waals surface area contributed by atoms with E-state index in [1.54, 1.807) is 0 Å². The van der Waals surface area contributed by atoms with Crippen LogP contribution in [-0.2, 0) is 0 Å². The molecule has 0 aliphatic carbocycles. The van der Waals surface area contributed by atoms with E-state index in [0.29, 0.717) is 6.04 Å². The smallest absolute Gasteiger partial charge is 0.130 e. The summed E-state index contributed by atoms with van der Waals surface area (Å²) < 4.78 is 27.9. The van der Waals surface area contributed by atoms with Crippen LogP contribution in [0.3, 0.4) is 0 Å². The topological polar surface area (TPSA) is 32.5 Å². The Kier molecular flexibility index (Phi) is 5.67. The minimum Gasteiger partial charge on any atom is -0.329 e. The zero-order valence-corrected chi connectivity index (χ0v) is 12.9. The molecule has 1 aliphatic heterocycles. The summed E-state index contributed by atoms with van der Waals surface area (Å²) in [5.41, 5.74) is 5.88. The lowest BCUT2D eigenvalue weighted by atomic mass is 10.0. The summed E-state index contributed by atoms with van der Waals surface area (Å²) in [6.07, 6.45) is 2.32. The SMILES string of the molecule is CCN1CCCC1CN(C)C(CN)c1c(F)cccc1F. The predicted molar refractivity (Wildman–Crippen MR) is 81.1 cm³/mol. The van der Waals surface area contributed by atoms with Gasteiger partial charge in [-0.3, -0.25) is 9.80 Å². The molecule has 0 radical (unpaired) electrons. The number of hydrogen-bond acceptors (Lipinski definition) is 3. The molecule has 21 heavy (non-hydrogen) atoms. The fourth-order valence-electron chi connectivity index (χ4n) is 3.33. The molecule has 0 bridgehead atoms. The maximum Gasteiger partial charge on any atom is 0.130 e. The van der Waals surface area contributed by atoms with Gasteiger partial charge >= 0.3 is 0 Å². The molecule has 1 saturated heterocycles. The average Bonchev–Trinajstić information content (AvgIpc) is 2.90. The zero-order chi connectivity index (χ0) is 15.4. The maximum absolute atomic E-state index is 14.0. The third kappa shape index (κ3) is 3.59. The molecule has 2 N–H and O–H groups in total. The molecule has 3 nitrogen and oxygen atoms in total. The van der Waals surface area contributed by atoms with Crippen molar-refractivity contribution in [3.8, 4) is 0 Å². The highest BCUT2D eigenvalue weighted by molar-refractivity contribution is 5.23. The van der Waals surface area contributed by atoms with Crippen molar-refractivity contribution in [2.45, 2.75) is 31.8 Å². The third-order valence-electron chi connectivity index (χ3n) is 4.49. The first-order valence-electron chi connectivity index (χ1n) is 7.66. The van der Waals surface area contributed by atoms with Crippen molar-refractivity contribution in [1.82, 2.24) is 9.80 Å². The number of nitrogens with two attached hydrogens (primary N) is 1. The highest BCUT2D eigenvalue weighted by Crippen LogP contribution is 2.26. The Balaban J connectivity index is 2.13. The van der Waals surface area contributed by atoms with Crippen molar-refractivity contribution in [2.24, 2.45) is 5.73 Å². The molecule has 1 aromatic rings. The van der Waals surface area contributed by atoms with Crippen LogP contribution in [0, 0.1) is 11.6 Å². The first kappa shape index (κ1) is 16.3. The lowest BCUT2D eigenvalue weighted by molar-refractivity contribution is 0.162. The predicted octanol–water partition coefficient (Wildman–Crippen LogP) is 2.38. The molecular formula is C16H25F2N3. The number of likely N-dealkylation sites (N-methyl/N-ethyl adjacent to an activating group) is 2. The number of benzene rings is 1. The summed E-state index contributed by atoms with van der Waals surface area (Å²) in [5, 5.41) is 0. The molecule has 1 aliphatic rings. The fraction of sp³-hybridized carbons (Fsp3) is 0.625. The van der Waals surface area contributed by atoms with E-state index in [2.05, 4.69) is 11.8 Å². The van der Waals surface area contributed by atoms with E-state index in [9.17, 15) is 8.78 Å². The Hall–Kier alpha value is -1.04. The van der Waals surface area contributed by atoms with Gasteiger partial charge in [0, 0.05) is 24.7 Å². The maximum atomic E-state index is 14.0. The molecule has 1 fully saturated rings. The molecule has 0 saturated carbocycles. The van der Waals surface area contributed by atoms with E-state index in [1.807, 2.05) is 11.9 Å². The normalized spacial score (nSPS) is 21.1. The molecule has 1 heterocycles. The molecule has 118 valence electrons. The second kappa shape index (κ2) is 7.29. The van der Waals surface area contributed by atoms with Crippen LogP contribution in [-0.4, -0.2) is 49.1 Å². The van der Waals surface area contributed by atoms with Crippen LogP contribution < -0.4 is 5.73 Å². The summed E-state index contributed by atoms with van der Waals surface area (Å²) in [6.45, 7) is 5.25. The van der Waals surface area contributed by atoms with E-state index in [0.717, 1.165) is 26.1 Å². The molecule has 2 unspecified atom stereocenters. The second-order valence-corrected chi connectivity index (χ2v) is 5.75. The molecule has 0 amide bonds. The van der Waals surface area contributed by atoms with E-state index < -0.39 is 17.7 Å². The van der Waals surface area contributed by atoms with Crippen molar-refractivity contribution in [2.75, 3.05) is 33.2 Å². The van der Waals surface area contributed by atoms with E-state index in [4.69, 9.17) is 5.73 Å². The minimum atomic E-state index is -0.518. The van der Waals surface area contributed by atoms with Crippen LogP contribution in [0.2, 0.25) is 0 Å². The van der Waals surface area contributed by atoms with Gasteiger partial charge in [-0.25, -0.2) is 8.78 Å². The number of halogens is 2. The van der Waals surface area contributed by atoms with Gasteiger partial charge in [0.1, 0.15) is 11.6 Å². The van der Waals surface area contributed by atoms with Crippen LogP contribution in [0.4, 0.5) is 8.78 Å². The lowest BCUT2D eigenvalue weighted by Gasteiger charge is -2.33. The summed E-state index contributed by atoms with van der Waals surface area (Å²) in [6, 6.07) is 4.00. The van der Waals surface area contributed by atoms with Crippen molar-refractivity contribution in [3.05, 3.63) is 35.4 Å². The van der Waals surface area contributed by atoms with Crippen LogP contribution in [0.1, 0.15) is 31.4 Å². The highest BCUT2D eigenvalue weighted by Gasteiger charge is 2.28. The van der Waals surface area contributed by atoms with Crippen molar-refractivity contribution < 1.29 is 8.78 Å². The van der Waals surface area contributed by atoms with Gasteiger partial charge in [0.2, 0.25) is 0 Å². The van der Waals surface area contributed by atoms with Gasteiger partial charge in [0.15, 0.2) is 0 Å². The second-order valence-electron chi connectivity index (χ2n) is 5.75. The minimum absolute atomic E-state index is 0.0866. The van der Waals surface area contributed by atoms with Crippen LogP contribution >= 0.6 is 0 Å². The molecule has 2 rings (SSSR count). The molecule has 5 heteroatoms. The van der Waals surface area contributed by atoms with Crippen molar-refractivity contribution in [3.63, 3.8) is 0 Å². The van der Waals surface area contributed by atoms with E-state index in [-0.39, 0.29) is 12.1 Å². The van der Waals surface area contributed by atoms with Gasteiger partial charge in [-0.15, -0.1) is 0 Å². The summed E-state index contributed by atoms with van der Waals surface area (Å²) >= 11 is 0. The van der Waals surface area contributed by atoms with Crippen LogP contribution in [0.25, 0.3) is 0 Å².